The lowest BCUT2D eigenvalue weighted by Crippen LogP contribution is -2.23. The van der Waals surface area contributed by atoms with Gasteiger partial charge in [0.2, 0.25) is 5.28 Å². The van der Waals surface area contributed by atoms with Crippen molar-refractivity contribution in [1.82, 2.24) is 9.97 Å². The van der Waals surface area contributed by atoms with Crippen LogP contribution in [0.5, 0.6) is 0 Å². The van der Waals surface area contributed by atoms with Gasteiger partial charge < -0.3 is 15.6 Å². The molecule has 1 aliphatic heterocycles. The van der Waals surface area contributed by atoms with Gasteiger partial charge in [-0.05, 0) is 42.1 Å². The Labute approximate surface area is 153 Å². The van der Waals surface area contributed by atoms with Crippen LogP contribution in [0.25, 0.3) is 0 Å². The third-order valence-corrected chi connectivity index (χ3v) is 4.39. The minimum Gasteiger partial charge on any atom is -0.356 e. The Balaban J connectivity index is 1.98. The quantitative estimate of drug-likeness (QED) is 0.591. The number of nitrogens with zero attached hydrogens (tertiary/aromatic N) is 3. The highest BCUT2D eigenvalue weighted by Crippen LogP contribution is 2.33. The third-order valence-electron chi connectivity index (χ3n) is 4.22. The molecule has 9 heteroatoms. The molecule has 138 valence electrons. The topological polar surface area (TPSA) is 64.9 Å². The van der Waals surface area contributed by atoms with E-state index in [-0.39, 0.29) is 16.8 Å². The van der Waals surface area contributed by atoms with E-state index >= 15 is 0 Å². The van der Waals surface area contributed by atoms with Gasteiger partial charge in [0.15, 0.2) is 0 Å². The fourth-order valence-electron chi connectivity index (χ4n) is 2.94. The molecule has 5 nitrogen and oxygen atoms in total. The Morgan fingerprint density at radius 3 is 2.73 bits per heavy atom. The van der Waals surface area contributed by atoms with E-state index in [1.807, 2.05) is 4.90 Å². The molecule has 0 spiro atoms. The minimum atomic E-state index is -4.44. The summed E-state index contributed by atoms with van der Waals surface area (Å²) in [5, 5.41) is 10.5. The Morgan fingerprint density at radius 2 is 2.12 bits per heavy atom. The van der Waals surface area contributed by atoms with Crippen molar-refractivity contribution in [2.75, 3.05) is 23.3 Å². The van der Waals surface area contributed by atoms with Crippen molar-refractivity contribution in [1.29, 1.82) is 5.41 Å². The van der Waals surface area contributed by atoms with Gasteiger partial charge in [0.25, 0.3) is 0 Å². The van der Waals surface area contributed by atoms with Crippen LogP contribution in [-0.2, 0) is 6.18 Å². The maximum atomic E-state index is 12.9. The molecule has 0 bridgehead atoms. The molecule has 1 aromatic carbocycles. The van der Waals surface area contributed by atoms with Gasteiger partial charge in [-0.25, -0.2) is 0 Å². The summed E-state index contributed by atoms with van der Waals surface area (Å²) < 4.78 is 38.7. The standard InChI is InChI=1S/C17H17ClF3N5/c1-10-5-6-26(9-10)15-13(8-22)14(24-16(18)25-15)23-12-4-2-3-11(7-12)17(19,20)21/h2-4,7-8,10,22H,5-6,9H2,1H3,(H,23,24,25). The van der Waals surface area contributed by atoms with Crippen LogP contribution >= 0.6 is 11.6 Å². The number of alkyl halides is 3. The molecular formula is C17H17ClF3N5. The Morgan fingerprint density at radius 1 is 1.35 bits per heavy atom. The van der Waals surface area contributed by atoms with Crippen molar-refractivity contribution >= 4 is 35.1 Å². The van der Waals surface area contributed by atoms with E-state index in [0.29, 0.717) is 17.3 Å². The van der Waals surface area contributed by atoms with Gasteiger partial charge in [-0.3, -0.25) is 0 Å². The number of aromatic nitrogens is 2. The first-order chi connectivity index (χ1) is 12.3. The first-order valence-electron chi connectivity index (χ1n) is 8.05. The van der Waals surface area contributed by atoms with Gasteiger partial charge in [0.05, 0.1) is 11.1 Å². The number of rotatable bonds is 4. The Kier molecular flexibility index (Phi) is 5.04. The molecule has 0 aliphatic carbocycles. The monoisotopic (exact) mass is 383 g/mol. The largest absolute Gasteiger partial charge is 0.416 e. The zero-order valence-electron chi connectivity index (χ0n) is 13.9. The summed E-state index contributed by atoms with van der Waals surface area (Å²) in [5.41, 5.74) is -0.174. The van der Waals surface area contributed by atoms with Crippen LogP contribution in [-0.4, -0.2) is 29.3 Å². The van der Waals surface area contributed by atoms with Crippen molar-refractivity contribution < 1.29 is 13.2 Å². The van der Waals surface area contributed by atoms with E-state index in [1.54, 1.807) is 0 Å². The zero-order chi connectivity index (χ0) is 18.9. The fourth-order valence-corrected chi connectivity index (χ4v) is 3.10. The zero-order valence-corrected chi connectivity index (χ0v) is 14.7. The first kappa shape index (κ1) is 18.4. The summed E-state index contributed by atoms with van der Waals surface area (Å²) in [6.07, 6.45) is -2.36. The molecule has 2 N–H and O–H groups in total. The van der Waals surface area contributed by atoms with Crippen molar-refractivity contribution in [3.8, 4) is 0 Å². The molecule has 1 unspecified atom stereocenters. The number of nitrogens with one attached hydrogen (secondary N) is 2. The lowest BCUT2D eigenvalue weighted by atomic mass is 10.2. The van der Waals surface area contributed by atoms with Gasteiger partial charge in [-0.2, -0.15) is 23.1 Å². The molecule has 1 aliphatic rings. The van der Waals surface area contributed by atoms with Crippen LogP contribution in [0.15, 0.2) is 24.3 Å². The van der Waals surface area contributed by atoms with E-state index in [2.05, 4.69) is 22.2 Å². The molecule has 1 aromatic heterocycles. The lowest BCUT2D eigenvalue weighted by molar-refractivity contribution is -0.137. The Bertz CT molecular complexity index is 825. The molecule has 26 heavy (non-hydrogen) atoms. The summed E-state index contributed by atoms with van der Waals surface area (Å²) in [7, 11) is 0. The first-order valence-corrected chi connectivity index (χ1v) is 8.43. The van der Waals surface area contributed by atoms with Gasteiger partial charge in [0.1, 0.15) is 11.6 Å². The summed E-state index contributed by atoms with van der Waals surface area (Å²) in [6.45, 7) is 3.67. The van der Waals surface area contributed by atoms with Crippen LogP contribution in [0.2, 0.25) is 5.28 Å². The maximum absolute atomic E-state index is 12.9. The lowest BCUT2D eigenvalue weighted by Gasteiger charge is -2.21. The van der Waals surface area contributed by atoms with E-state index < -0.39 is 11.7 Å². The van der Waals surface area contributed by atoms with Crippen LogP contribution in [0.3, 0.4) is 0 Å². The van der Waals surface area contributed by atoms with Crippen molar-refractivity contribution in [3.63, 3.8) is 0 Å². The maximum Gasteiger partial charge on any atom is 0.416 e. The van der Waals surface area contributed by atoms with Gasteiger partial charge in [-0.15, -0.1) is 0 Å². The number of benzene rings is 1. The highest BCUT2D eigenvalue weighted by atomic mass is 35.5. The predicted molar refractivity (Wildman–Crippen MR) is 95.6 cm³/mol. The summed E-state index contributed by atoms with van der Waals surface area (Å²) in [5.74, 6) is 1.20. The smallest absolute Gasteiger partial charge is 0.356 e. The summed E-state index contributed by atoms with van der Waals surface area (Å²) in [6, 6.07) is 4.78. The molecule has 1 saturated heterocycles. The molecular weight excluding hydrogens is 367 g/mol. The van der Waals surface area contributed by atoms with Crippen LogP contribution in [0, 0.1) is 11.3 Å². The molecule has 0 saturated carbocycles. The van der Waals surface area contributed by atoms with Crippen molar-refractivity contribution in [2.24, 2.45) is 5.92 Å². The van der Waals surface area contributed by atoms with Gasteiger partial charge >= 0.3 is 6.18 Å². The van der Waals surface area contributed by atoms with Gasteiger partial charge in [-0.1, -0.05) is 13.0 Å². The summed E-state index contributed by atoms with van der Waals surface area (Å²) in [4.78, 5) is 10.3. The second kappa shape index (κ2) is 7.11. The normalized spacial score (nSPS) is 17.4. The van der Waals surface area contributed by atoms with Crippen LogP contribution in [0.4, 0.5) is 30.5 Å². The van der Waals surface area contributed by atoms with E-state index in [9.17, 15) is 13.2 Å². The number of halogens is 4. The van der Waals surface area contributed by atoms with Gasteiger partial charge in [0, 0.05) is 25.0 Å². The third kappa shape index (κ3) is 3.90. The molecule has 0 radical (unpaired) electrons. The minimum absolute atomic E-state index is 0.0281. The second-order valence-electron chi connectivity index (χ2n) is 6.27. The van der Waals surface area contributed by atoms with Crippen LogP contribution < -0.4 is 10.2 Å². The number of hydrogen-bond acceptors (Lipinski definition) is 5. The fraction of sp³-hybridized carbons (Fsp3) is 0.353. The van der Waals surface area contributed by atoms with E-state index in [1.165, 1.54) is 12.1 Å². The average Bonchev–Trinajstić information content (AvgIpc) is 3.00. The second-order valence-corrected chi connectivity index (χ2v) is 6.60. The predicted octanol–water partition coefficient (Wildman–Crippen LogP) is 4.74. The average molecular weight is 384 g/mol. The molecule has 2 heterocycles. The molecule has 0 amide bonds. The highest BCUT2D eigenvalue weighted by Gasteiger charge is 2.30. The summed E-state index contributed by atoms with van der Waals surface area (Å²) >= 11 is 6.02. The number of anilines is 3. The van der Waals surface area contributed by atoms with Crippen molar-refractivity contribution in [3.05, 3.63) is 40.7 Å². The van der Waals surface area contributed by atoms with E-state index in [4.69, 9.17) is 17.0 Å². The number of hydrogen-bond donors (Lipinski definition) is 2. The SMILES string of the molecule is CC1CCN(c2nc(Cl)nc(Nc3cccc(C(F)(F)F)c3)c2C=N)C1. The van der Waals surface area contributed by atoms with E-state index in [0.717, 1.165) is 37.9 Å². The molecule has 1 fully saturated rings. The van der Waals surface area contributed by atoms with Crippen molar-refractivity contribution in [2.45, 2.75) is 19.5 Å². The van der Waals surface area contributed by atoms with Crippen LogP contribution in [0.1, 0.15) is 24.5 Å². The Hall–Kier alpha value is -2.35. The molecule has 3 rings (SSSR count). The molecule has 1 atom stereocenters. The highest BCUT2D eigenvalue weighted by molar-refractivity contribution is 6.28. The molecule has 2 aromatic rings.